The molecule has 148 valence electrons. The van der Waals surface area contributed by atoms with Crippen molar-refractivity contribution in [2.45, 2.75) is 59.8 Å². The van der Waals surface area contributed by atoms with Gasteiger partial charge >= 0.3 is 0 Å². The molecule has 1 N–H and O–H groups in total. The molecule has 1 aromatic carbocycles. The van der Waals surface area contributed by atoms with Crippen molar-refractivity contribution in [3.63, 3.8) is 0 Å². The molecule has 3 aliphatic rings. The first-order valence-corrected chi connectivity index (χ1v) is 11.0. The lowest BCUT2D eigenvalue weighted by atomic mass is 9.70. The fourth-order valence-electron chi connectivity index (χ4n) is 4.79. The van der Waals surface area contributed by atoms with Crippen molar-refractivity contribution in [2.75, 3.05) is 0 Å². The molecule has 0 radical (unpaired) electrons. The number of hydrogen-bond donors (Lipinski definition) is 1. The lowest BCUT2D eigenvalue weighted by Crippen LogP contribution is -2.32. The third-order valence-corrected chi connectivity index (χ3v) is 8.23. The van der Waals surface area contributed by atoms with Crippen LogP contribution in [0.5, 0.6) is 0 Å². The SMILES string of the molecule is CC(C)c1ccc(/C=C2/S/C(=N\N=C3\C[C@@H]4CC[C@]3(C)C4(C)C)NC2=O)cc1. The molecule has 1 aromatic rings. The first kappa shape index (κ1) is 19.4. The van der Waals surface area contributed by atoms with E-state index in [1.54, 1.807) is 0 Å². The molecule has 5 heteroatoms. The molecular weight excluding hydrogens is 366 g/mol. The van der Waals surface area contributed by atoms with Crippen LogP contribution in [0.4, 0.5) is 0 Å². The molecule has 2 bridgehead atoms. The topological polar surface area (TPSA) is 53.8 Å². The van der Waals surface area contributed by atoms with Crippen molar-refractivity contribution in [3.05, 3.63) is 40.3 Å². The number of carbonyl (C=O) groups is 1. The van der Waals surface area contributed by atoms with Gasteiger partial charge < -0.3 is 0 Å². The van der Waals surface area contributed by atoms with Crippen molar-refractivity contribution in [2.24, 2.45) is 27.0 Å². The monoisotopic (exact) mass is 395 g/mol. The number of thioether (sulfide) groups is 1. The average Bonchev–Trinajstić information content (AvgIpc) is 3.17. The van der Waals surface area contributed by atoms with Gasteiger partial charge in [0, 0.05) is 11.1 Å². The van der Waals surface area contributed by atoms with E-state index in [2.05, 4.69) is 74.4 Å². The molecule has 1 amide bonds. The van der Waals surface area contributed by atoms with Crippen LogP contribution in [0.3, 0.4) is 0 Å². The van der Waals surface area contributed by atoms with Crippen LogP contribution in [0.25, 0.3) is 6.08 Å². The number of nitrogens with zero attached hydrogens (tertiary/aromatic N) is 2. The zero-order chi connectivity index (χ0) is 20.1. The highest BCUT2D eigenvalue weighted by atomic mass is 32.2. The van der Waals surface area contributed by atoms with Gasteiger partial charge in [0.2, 0.25) is 0 Å². The Morgan fingerprint density at radius 2 is 1.89 bits per heavy atom. The van der Waals surface area contributed by atoms with Gasteiger partial charge in [0.05, 0.1) is 4.91 Å². The Kier molecular flexibility index (Phi) is 4.77. The fraction of sp³-hybridized carbons (Fsp3) is 0.522. The van der Waals surface area contributed by atoms with E-state index in [9.17, 15) is 4.79 Å². The molecule has 1 heterocycles. The van der Waals surface area contributed by atoms with Gasteiger partial charge in [-0.05, 0) is 65.5 Å². The lowest BCUT2D eigenvalue weighted by Gasteiger charge is -2.34. The summed E-state index contributed by atoms with van der Waals surface area (Å²) < 4.78 is 0. The summed E-state index contributed by atoms with van der Waals surface area (Å²) in [6, 6.07) is 8.35. The molecule has 2 atom stereocenters. The largest absolute Gasteiger partial charge is 0.299 e. The summed E-state index contributed by atoms with van der Waals surface area (Å²) in [5.41, 5.74) is 3.93. The summed E-state index contributed by atoms with van der Waals surface area (Å²) >= 11 is 1.37. The van der Waals surface area contributed by atoms with E-state index < -0.39 is 0 Å². The molecule has 2 aliphatic carbocycles. The van der Waals surface area contributed by atoms with Crippen LogP contribution in [0.15, 0.2) is 39.4 Å². The van der Waals surface area contributed by atoms with E-state index in [0.29, 0.717) is 21.9 Å². The number of benzene rings is 1. The van der Waals surface area contributed by atoms with Crippen LogP contribution in [0, 0.1) is 16.7 Å². The normalized spacial score (nSPS) is 32.9. The minimum absolute atomic E-state index is 0.101. The van der Waals surface area contributed by atoms with E-state index in [4.69, 9.17) is 0 Å². The zero-order valence-corrected chi connectivity index (χ0v) is 18.2. The van der Waals surface area contributed by atoms with Crippen molar-refractivity contribution in [3.8, 4) is 0 Å². The molecule has 0 aromatic heterocycles. The van der Waals surface area contributed by atoms with Gasteiger partial charge in [-0.1, -0.05) is 58.9 Å². The van der Waals surface area contributed by atoms with Crippen LogP contribution >= 0.6 is 11.8 Å². The third kappa shape index (κ3) is 3.14. The first-order valence-electron chi connectivity index (χ1n) is 10.2. The van der Waals surface area contributed by atoms with Crippen molar-refractivity contribution >= 4 is 34.6 Å². The number of rotatable bonds is 3. The number of nitrogens with one attached hydrogen (secondary N) is 1. The Morgan fingerprint density at radius 3 is 2.46 bits per heavy atom. The second-order valence-corrected chi connectivity index (χ2v) is 10.4. The maximum Gasteiger partial charge on any atom is 0.264 e. The van der Waals surface area contributed by atoms with Gasteiger partial charge in [-0.15, -0.1) is 5.10 Å². The summed E-state index contributed by atoms with van der Waals surface area (Å²) in [4.78, 5) is 13.0. The summed E-state index contributed by atoms with van der Waals surface area (Å²) in [6.45, 7) is 11.4. The summed E-state index contributed by atoms with van der Waals surface area (Å²) in [5, 5.41) is 12.4. The molecule has 0 spiro atoms. The summed E-state index contributed by atoms with van der Waals surface area (Å²) in [6.07, 6.45) is 5.42. The van der Waals surface area contributed by atoms with E-state index in [-0.39, 0.29) is 16.7 Å². The molecule has 0 unspecified atom stereocenters. The van der Waals surface area contributed by atoms with Gasteiger partial charge in [-0.25, -0.2) is 0 Å². The number of carbonyl (C=O) groups excluding carboxylic acids is 1. The minimum Gasteiger partial charge on any atom is -0.299 e. The predicted molar refractivity (Wildman–Crippen MR) is 118 cm³/mol. The second-order valence-electron chi connectivity index (χ2n) is 9.33. The average molecular weight is 396 g/mol. The molecule has 4 nitrogen and oxygen atoms in total. The highest BCUT2D eigenvalue weighted by Gasteiger charge is 2.60. The van der Waals surface area contributed by atoms with Crippen molar-refractivity contribution in [1.29, 1.82) is 0 Å². The first-order chi connectivity index (χ1) is 13.2. The van der Waals surface area contributed by atoms with Crippen molar-refractivity contribution in [1.82, 2.24) is 5.32 Å². The van der Waals surface area contributed by atoms with Crippen LogP contribution in [-0.4, -0.2) is 16.8 Å². The van der Waals surface area contributed by atoms with Gasteiger partial charge in [-0.3, -0.25) is 10.1 Å². The minimum atomic E-state index is -0.101. The zero-order valence-electron chi connectivity index (χ0n) is 17.4. The molecule has 1 saturated heterocycles. The molecule has 2 saturated carbocycles. The molecular formula is C23H29N3OS. The van der Waals surface area contributed by atoms with Gasteiger partial charge in [0.15, 0.2) is 5.17 Å². The summed E-state index contributed by atoms with van der Waals surface area (Å²) in [5.74, 6) is 1.10. The van der Waals surface area contributed by atoms with Gasteiger partial charge in [0.1, 0.15) is 0 Å². The highest BCUT2D eigenvalue weighted by molar-refractivity contribution is 8.18. The van der Waals surface area contributed by atoms with Crippen LogP contribution in [0.2, 0.25) is 0 Å². The van der Waals surface area contributed by atoms with E-state index in [1.807, 2.05) is 6.08 Å². The maximum atomic E-state index is 12.3. The standard InChI is InChI=1S/C23H29N3OS/c1-14(2)16-8-6-15(7-9-16)12-18-20(27)24-21(28-18)26-25-19-13-17-10-11-23(19,5)22(17,3)4/h6-9,12,14,17H,10-11,13H2,1-5H3,(H,24,26,27)/b18-12+,25-19-/t17-,23-/m0/s1. The van der Waals surface area contributed by atoms with E-state index >= 15 is 0 Å². The van der Waals surface area contributed by atoms with Crippen LogP contribution in [-0.2, 0) is 4.79 Å². The maximum absolute atomic E-state index is 12.3. The van der Waals surface area contributed by atoms with Crippen LogP contribution < -0.4 is 5.32 Å². The summed E-state index contributed by atoms with van der Waals surface area (Å²) in [7, 11) is 0. The number of fused-ring (bicyclic) bond motifs is 2. The Balaban J connectivity index is 1.51. The smallest absolute Gasteiger partial charge is 0.264 e. The van der Waals surface area contributed by atoms with Gasteiger partial charge in [0.25, 0.3) is 5.91 Å². The van der Waals surface area contributed by atoms with Gasteiger partial charge in [-0.2, -0.15) is 5.10 Å². The number of amidine groups is 1. The molecule has 4 rings (SSSR count). The van der Waals surface area contributed by atoms with E-state index in [0.717, 1.165) is 12.0 Å². The molecule has 3 fully saturated rings. The Bertz CT molecular complexity index is 895. The quantitative estimate of drug-likeness (QED) is 0.537. The third-order valence-electron chi connectivity index (χ3n) is 7.33. The molecule has 1 aliphatic heterocycles. The Hall–Kier alpha value is -1.88. The number of amides is 1. The lowest BCUT2D eigenvalue weighted by molar-refractivity contribution is -0.115. The second kappa shape index (κ2) is 6.87. The number of hydrogen-bond acceptors (Lipinski definition) is 4. The Labute approximate surface area is 172 Å². The predicted octanol–water partition coefficient (Wildman–Crippen LogP) is 5.57. The Morgan fingerprint density at radius 1 is 1.18 bits per heavy atom. The highest BCUT2D eigenvalue weighted by Crippen LogP contribution is 2.64. The van der Waals surface area contributed by atoms with Crippen LogP contribution in [0.1, 0.15) is 70.9 Å². The fourth-order valence-corrected chi connectivity index (χ4v) is 5.56. The molecule has 28 heavy (non-hydrogen) atoms. The van der Waals surface area contributed by atoms with Crippen molar-refractivity contribution < 1.29 is 4.79 Å². The van der Waals surface area contributed by atoms with E-state index in [1.165, 1.54) is 35.9 Å².